The third-order valence-electron chi connectivity index (χ3n) is 5.67. The molecule has 4 rings (SSSR count). The third-order valence-corrected chi connectivity index (χ3v) is 6.16. The van der Waals surface area contributed by atoms with Crippen molar-refractivity contribution in [1.29, 1.82) is 0 Å². The van der Waals surface area contributed by atoms with E-state index in [1.807, 2.05) is 49.4 Å². The van der Waals surface area contributed by atoms with Crippen LogP contribution in [0.15, 0.2) is 46.9 Å². The Kier molecular flexibility index (Phi) is 5.85. The van der Waals surface area contributed by atoms with Crippen molar-refractivity contribution >= 4 is 33.6 Å². The number of benzene rings is 2. The zero-order valence-electron chi connectivity index (χ0n) is 16.7. The predicted molar refractivity (Wildman–Crippen MR) is 116 cm³/mol. The van der Waals surface area contributed by atoms with Gasteiger partial charge in [-0.05, 0) is 48.7 Å². The van der Waals surface area contributed by atoms with Crippen molar-refractivity contribution in [2.24, 2.45) is 5.41 Å². The Hall–Kier alpha value is -2.74. The Balaban J connectivity index is 1.28. The van der Waals surface area contributed by atoms with Crippen LogP contribution in [0.1, 0.15) is 25.3 Å². The van der Waals surface area contributed by atoms with E-state index in [0.29, 0.717) is 38.2 Å². The number of nitrogens with one attached hydrogen (secondary N) is 2. The lowest BCUT2D eigenvalue weighted by molar-refractivity contribution is -0.132. The lowest BCUT2D eigenvalue weighted by Gasteiger charge is -2.38. The van der Waals surface area contributed by atoms with Gasteiger partial charge in [-0.1, -0.05) is 35.0 Å². The van der Waals surface area contributed by atoms with Crippen molar-refractivity contribution in [2.45, 2.75) is 26.3 Å². The van der Waals surface area contributed by atoms with Gasteiger partial charge in [0, 0.05) is 35.2 Å². The van der Waals surface area contributed by atoms with Crippen LogP contribution in [-0.2, 0) is 11.3 Å². The average Bonchev–Trinajstić information content (AvgIpc) is 3.20. The van der Waals surface area contributed by atoms with Crippen molar-refractivity contribution in [3.8, 4) is 11.5 Å². The summed E-state index contributed by atoms with van der Waals surface area (Å²) in [6, 6.07) is 13.0. The van der Waals surface area contributed by atoms with Gasteiger partial charge in [-0.25, -0.2) is 4.79 Å². The van der Waals surface area contributed by atoms with E-state index in [1.54, 1.807) is 4.90 Å². The number of hydrogen-bond donors (Lipinski definition) is 2. The number of hydrogen-bond acceptors (Lipinski definition) is 4. The van der Waals surface area contributed by atoms with E-state index in [0.717, 1.165) is 21.5 Å². The summed E-state index contributed by atoms with van der Waals surface area (Å²) in [4.78, 5) is 27.1. The van der Waals surface area contributed by atoms with E-state index >= 15 is 0 Å². The molecule has 0 saturated carbocycles. The molecule has 2 heterocycles. The van der Waals surface area contributed by atoms with Gasteiger partial charge < -0.3 is 25.0 Å². The summed E-state index contributed by atoms with van der Waals surface area (Å²) >= 11 is 3.40. The molecule has 8 heteroatoms. The number of carbonyl (C=O) groups excluding carboxylic acids is 2. The van der Waals surface area contributed by atoms with Crippen molar-refractivity contribution in [3.63, 3.8) is 0 Å². The Morgan fingerprint density at radius 1 is 1.10 bits per heavy atom. The fourth-order valence-electron chi connectivity index (χ4n) is 3.65. The van der Waals surface area contributed by atoms with Crippen LogP contribution in [-0.4, -0.2) is 36.7 Å². The molecule has 2 N–H and O–H groups in total. The highest BCUT2D eigenvalue weighted by Crippen LogP contribution is 2.34. The highest BCUT2D eigenvalue weighted by atomic mass is 79.9. The van der Waals surface area contributed by atoms with Gasteiger partial charge in [0.15, 0.2) is 11.5 Å². The number of amides is 3. The number of anilines is 1. The maximum atomic E-state index is 12.8. The SMILES string of the molecule is CC1(C(=O)NCc2ccc3c(c2)OCO3)CCN(C(=O)Nc2cccc(Br)c2)CC1. The molecule has 158 valence electrons. The molecule has 0 aliphatic carbocycles. The minimum Gasteiger partial charge on any atom is -0.454 e. The van der Waals surface area contributed by atoms with Gasteiger partial charge in [0.05, 0.1) is 0 Å². The van der Waals surface area contributed by atoms with Crippen molar-refractivity contribution in [2.75, 3.05) is 25.2 Å². The molecule has 0 radical (unpaired) electrons. The van der Waals surface area contributed by atoms with Crippen LogP contribution in [0, 0.1) is 5.41 Å². The van der Waals surface area contributed by atoms with Crippen molar-refractivity contribution in [3.05, 3.63) is 52.5 Å². The molecule has 2 aliphatic rings. The van der Waals surface area contributed by atoms with Crippen LogP contribution >= 0.6 is 15.9 Å². The van der Waals surface area contributed by atoms with Gasteiger partial charge in [0.2, 0.25) is 12.7 Å². The Morgan fingerprint density at radius 2 is 1.87 bits per heavy atom. The highest BCUT2D eigenvalue weighted by Gasteiger charge is 2.38. The first-order valence-corrected chi connectivity index (χ1v) is 10.7. The van der Waals surface area contributed by atoms with Crippen molar-refractivity contribution in [1.82, 2.24) is 10.2 Å². The van der Waals surface area contributed by atoms with Gasteiger partial charge in [0.25, 0.3) is 0 Å². The molecule has 2 aromatic rings. The molecule has 2 aliphatic heterocycles. The maximum absolute atomic E-state index is 12.8. The second-order valence-corrected chi connectivity index (χ2v) is 8.77. The molecule has 2 aromatic carbocycles. The first-order valence-electron chi connectivity index (χ1n) is 9.91. The van der Waals surface area contributed by atoms with Gasteiger partial charge in [-0.15, -0.1) is 0 Å². The predicted octanol–water partition coefficient (Wildman–Crippen LogP) is 4.13. The minimum atomic E-state index is -0.497. The topological polar surface area (TPSA) is 79.9 Å². The molecule has 0 spiro atoms. The van der Waals surface area contributed by atoms with E-state index in [2.05, 4.69) is 26.6 Å². The van der Waals surface area contributed by atoms with Gasteiger partial charge in [0.1, 0.15) is 0 Å². The van der Waals surface area contributed by atoms with Crippen LogP contribution in [0.5, 0.6) is 11.5 Å². The summed E-state index contributed by atoms with van der Waals surface area (Å²) in [7, 11) is 0. The Morgan fingerprint density at radius 3 is 2.63 bits per heavy atom. The summed E-state index contributed by atoms with van der Waals surface area (Å²) in [5.41, 5.74) is 1.20. The normalized spacial score (nSPS) is 16.8. The molecule has 0 atom stereocenters. The molecule has 1 fully saturated rings. The Labute approximate surface area is 183 Å². The monoisotopic (exact) mass is 473 g/mol. The van der Waals surface area contributed by atoms with Gasteiger partial charge in [-0.3, -0.25) is 4.79 Å². The molecular weight excluding hydrogens is 450 g/mol. The molecule has 1 saturated heterocycles. The fourth-order valence-corrected chi connectivity index (χ4v) is 4.05. The second-order valence-electron chi connectivity index (χ2n) is 7.86. The summed E-state index contributed by atoms with van der Waals surface area (Å²) in [5.74, 6) is 1.44. The zero-order chi connectivity index (χ0) is 21.1. The number of urea groups is 1. The molecule has 0 aromatic heterocycles. The average molecular weight is 474 g/mol. The second kappa shape index (κ2) is 8.55. The smallest absolute Gasteiger partial charge is 0.321 e. The minimum absolute atomic E-state index is 0.00668. The molecule has 3 amide bonds. The lowest BCUT2D eigenvalue weighted by atomic mass is 9.79. The van der Waals surface area contributed by atoms with Crippen LogP contribution in [0.4, 0.5) is 10.5 Å². The number of fused-ring (bicyclic) bond motifs is 1. The number of likely N-dealkylation sites (tertiary alicyclic amines) is 1. The Bertz CT molecular complexity index is 957. The first-order chi connectivity index (χ1) is 14.4. The van der Waals surface area contributed by atoms with Crippen LogP contribution in [0.2, 0.25) is 0 Å². The number of nitrogens with zero attached hydrogens (tertiary/aromatic N) is 1. The molecule has 0 unspecified atom stereocenters. The summed E-state index contributed by atoms with van der Waals surface area (Å²) in [5, 5.41) is 5.94. The fraction of sp³-hybridized carbons (Fsp3) is 0.364. The number of halogens is 1. The standard InChI is InChI=1S/C22H24BrN3O4/c1-22(20(27)24-13-15-5-6-18-19(11-15)30-14-29-18)7-9-26(10-8-22)21(28)25-17-4-2-3-16(23)12-17/h2-6,11-12H,7-10,13-14H2,1H3,(H,24,27)(H,25,28). The molecular formula is C22H24BrN3O4. The highest BCUT2D eigenvalue weighted by molar-refractivity contribution is 9.10. The summed E-state index contributed by atoms with van der Waals surface area (Å²) in [6.07, 6.45) is 1.23. The van der Waals surface area contributed by atoms with Crippen molar-refractivity contribution < 1.29 is 19.1 Å². The first kappa shape index (κ1) is 20.5. The number of rotatable bonds is 4. The maximum Gasteiger partial charge on any atom is 0.321 e. The number of piperidine rings is 1. The van der Waals surface area contributed by atoms with E-state index in [-0.39, 0.29) is 18.7 Å². The lowest BCUT2D eigenvalue weighted by Crippen LogP contribution is -2.49. The van der Waals surface area contributed by atoms with Crippen LogP contribution in [0.25, 0.3) is 0 Å². The van der Waals surface area contributed by atoms with E-state index < -0.39 is 5.41 Å². The quantitative estimate of drug-likeness (QED) is 0.699. The van der Waals surface area contributed by atoms with Gasteiger partial charge >= 0.3 is 6.03 Å². The van der Waals surface area contributed by atoms with E-state index in [9.17, 15) is 9.59 Å². The summed E-state index contributed by atoms with van der Waals surface area (Å²) in [6.45, 7) is 3.69. The summed E-state index contributed by atoms with van der Waals surface area (Å²) < 4.78 is 11.6. The largest absolute Gasteiger partial charge is 0.454 e. The third kappa shape index (κ3) is 4.53. The molecule has 30 heavy (non-hydrogen) atoms. The number of ether oxygens (including phenoxy) is 2. The van der Waals surface area contributed by atoms with Crippen LogP contribution < -0.4 is 20.1 Å². The van der Waals surface area contributed by atoms with E-state index in [1.165, 1.54) is 0 Å². The van der Waals surface area contributed by atoms with Gasteiger partial charge in [-0.2, -0.15) is 0 Å². The zero-order valence-corrected chi connectivity index (χ0v) is 18.3. The van der Waals surface area contributed by atoms with E-state index in [4.69, 9.17) is 9.47 Å². The molecule has 7 nitrogen and oxygen atoms in total. The number of carbonyl (C=O) groups is 2. The molecule has 0 bridgehead atoms. The van der Waals surface area contributed by atoms with Crippen LogP contribution in [0.3, 0.4) is 0 Å².